The molecule has 1 amide bonds. The highest BCUT2D eigenvalue weighted by molar-refractivity contribution is 6.08. The maximum atomic E-state index is 12.1. The molecule has 0 bridgehead atoms. The summed E-state index contributed by atoms with van der Waals surface area (Å²) in [6.07, 6.45) is 1.70. The van der Waals surface area contributed by atoms with E-state index in [0.717, 1.165) is 21.8 Å². The molecule has 0 saturated heterocycles. The van der Waals surface area contributed by atoms with Gasteiger partial charge in [-0.2, -0.15) is 0 Å². The van der Waals surface area contributed by atoms with Crippen molar-refractivity contribution < 1.29 is 4.79 Å². The fourth-order valence-electron chi connectivity index (χ4n) is 2.14. The molecule has 0 fully saturated rings. The van der Waals surface area contributed by atoms with Crippen molar-refractivity contribution in [2.45, 2.75) is 0 Å². The first kappa shape index (κ1) is 11.7. The highest BCUT2D eigenvalue weighted by Gasteiger charge is 2.13. The Morgan fingerprint density at radius 2 is 2.05 bits per heavy atom. The SMILES string of the molecule is CNN(C)C(=O)c1cc2c(cn1)[nH]c1ccccc12. The Morgan fingerprint density at radius 1 is 1.26 bits per heavy atom. The standard InChI is InChI=1S/C14H14N4O/c1-15-18(2)14(19)12-7-10-9-5-3-4-6-11(9)17-13(10)8-16-12/h3-8,15,17H,1-2H3. The van der Waals surface area contributed by atoms with E-state index in [1.807, 2.05) is 30.3 Å². The van der Waals surface area contributed by atoms with Crippen molar-refractivity contribution in [2.24, 2.45) is 0 Å². The number of hydrazine groups is 1. The van der Waals surface area contributed by atoms with Crippen LogP contribution in [0.25, 0.3) is 21.8 Å². The molecule has 0 atom stereocenters. The zero-order valence-electron chi connectivity index (χ0n) is 10.8. The van der Waals surface area contributed by atoms with Crippen molar-refractivity contribution >= 4 is 27.7 Å². The molecule has 3 rings (SSSR count). The summed E-state index contributed by atoms with van der Waals surface area (Å²) in [7, 11) is 3.37. The molecule has 0 aliphatic heterocycles. The molecule has 2 aromatic heterocycles. The number of hydrogen-bond acceptors (Lipinski definition) is 3. The largest absolute Gasteiger partial charge is 0.353 e. The fraction of sp³-hybridized carbons (Fsp3) is 0.143. The van der Waals surface area contributed by atoms with E-state index in [1.54, 1.807) is 20.3 Å². The minimum Gasteiger partial charge on any atom is -0.353 e. The van der Waals surface area contributed by atoms with Gasteiger partial charge >= 0.3 is 0 Å². The van der Waals surface area contributed by atoms with Crippen LogP contribution in [0.15, 0.2) is 36.5 Å². The maximum Gasteiger partial charge on any atom is 0.286 e. The fourth-order valence-corrected chi connectivity index (χ4v) is 2.14. The van der Waals surface area contributed by atoms with Crippen LogP contribution in [0, 0.1) is 0 Å². The molecule has 0 radical (unpaired) electrons. The monoisotopic (exact) mass is 254 g/mol. The Bertz CT molecular complexity index is 762. The third-order valence-corrected chi connectivity index (χ3v) is 3.25. The topological polar surface area (TPSA) is 61.0 Å². The number of hydrogen-bond donors (Lipinski definition) is 2. The predicted octanol–water partition coefficient (Wildman–Crippen LogP) is 1.92. The third-order valence-electron chi connectivity index (χ3n) is 3.25. The van der Waals surface area contributed by atoms with E-state index in [9.17, 15) is 4.79 Å². The lowest BCUT2D eigenvalue weighted by Crippen LogP contribution is -2.37. The molecule has 0 aliphatic carbocycles. The number of benzene rings is 1. The Hall–Kier alpha value is -2.40. The minimum atomic E-state index is -0.158. The quantitative estimate of drug-likeness (QED) is 0.687. The first-order chi connectivity index (χ1) is 9.20. The van der Waals surface area contributed by atoms with Crippen molar-refractivity contribution in [2.75, 3.05) is 14.1 Å². The lowest BCUT2D eigenvalue weighted by Gasteiger charge is -2.14. The number of amides is 1. The molecule has 5 nitrogen and oxygen atoms in total. The number of para-hydroxylation sites is 1. The first-order valence-corrected chi connectivity index (χ1v) is 6.02. The number of rotatable bonds is 2. The van der Waals surface area contributed by atoms with Crippen molar-refractivity contribution in [1.82, 2.24) is 20.4 Å². The molecule has 2 heterocycles. The molecule has 3 aromatic rings. The second-order valence-corrected chi connectivity index (χ2v) is 4.37. The number of fused-ring (bicyclic) bond motifs is 3. The van der Waals surface area contributed by atoms with Crippen molar-refractivity contribution in [1.29, 1.82) is 0 Å². The summed E-state index contributed by atoms with van der Waals surface area (Å²) in [5.74, 6) is -0.158. The van der Waals surface area contributed by atoms with Crippen LogP contribution in [0.1, 0.15) is 10.5 Å². The summed E-state index contributed by atoms with van der Waals surface area (Å²) >= 11 is 0. The Labute approximate surface area is 110 Å². The number of aromatic nitrogens is 2. The summed E-state index contributed by atoms with van der Waals surface area (Å²) in [6.45, 7) is 0. The Morgan fingerprint density at radius 3 is 2.84 bits per heavy atom. The van der Waals surface area contributed by atoms with Gasteiger partial charge in [0.1, 0.15) is 5.69 Å². The number of nitrogens with one attached hydrogen (secondary N) is 2. The van der Waals surface area contributed by atoms with Gasteiger partial charge in [-0.3, -0.25) is 9.80 Å². The molecule has 1 aromatic carbocycles. The molecule has 96 valence electrons. The molecule has 0 spiro atoms. The van der Waals surface area contributed by atoms with E-state index >= 15 is 0 Å². The number of carbonyl (C=O) groups is 1. The average molecular weight is 254 g/mol. The van der Waals surface area contributed by atoms with Crippen LogP contribution in [0.4, 0.5) is 0 Å². The van der Waals surface area contributed by atoms with Gasteiger partial charge in [-0.1, -0.05) is 18.2 Å². The lowest BCUT2D eigenvalue weighted by atomic mass is 10.1. The molecule has 0 saturated carbocycles. The zero-order valence-corrected chi connectivity index (χ0v) is 10.8. The highest BCUT2D eigenvalue weighted by atomic mass is 16.2. The van der Waals surface area contributed by atoms with Gasteiger partial charge in [0.25, 0.3) is 5.91 Å². The average Bonchev–Trinajstić information content (AvgIpc) is 2.83. The van der Waals surface area contributed by atoms with Gasteiger partial charge in [-0.15, -0.1) is 0 Å². The lowest BCUT2D eigenvalue weighted by molar-refractivity contribution is 0.0729. The van der Waals surface area contributed by atoms with Gasteiger partial charge in [0.15, 0.2) is 0 Å². The number of aromatic amines is 1. The molecule has 0 unspecified atom stereocenters. The molecular weight excluding hydrogens is 240 g/mol. The van der Waals surface area contributed by atoms with Crippen LogP contribution in [-0.2, 0) is 0 Å². The number of H-pyrrole nitrogens is 1. The van der Waals surface area contributed by atoms with Crippen LogP contribution < -0.4 is 5.43 Å². The summed E-state index contributed by atoms with van der Waals surface area (Å²) < 4.78 is 0. The van der Waals surface area contributed by atoms with Gasteiger partial charge < -0.3 is 4.98 Å². The summed E-state index contributed by atoms with van der Waals surface area (Å²) in [4.78, 5) is 19.6. The minimum absolute atomic E-state index is 0.158. The van der Waals surface area contributed by atoms with Crippen LogP contribution in [0.5, 0.6) is 0 Å². The Balaban J connectivity index is 2.19. The molecular formula is C14H14N4O. The normalized spacial score (nSPS) is 11.1. The predicted molar refractivity (Wildman–Crippen MR) is 74.8 cm³/mol. The maximum absolute atomic E-state index is 12.1. The second kappa shape index (κ2) is 4.37. The van der Waals surface area contributed by atoms with E-state index in [2.05, 4.69) is 15.4 Å². The van der Waals surface area contributed by atoms with Crippen LogP contribution in [0.2, 0.25) is 0 Å². The van der Waals surface area contributed by atoms with Gasteiger partial charge in [0.2, 0.25) is 0 Å². The summed E-state index contributed by atoms with van der Waals surface area (Å²) in [6, 6.07) is 9.83. The smallest absolute Gasteiger partial charge is 0.286 e. The third kappa shape index (κ3) is 1.84. The van der Waals surface area contributed by atoms with Gasteiger partial charge in [-0.05, 0) is 12.1 Å². The van der Waals surface area contributed by atoms with Crippen LogP contribution in [-0.4, -0.2) is 35.0 Å². The Kier molecular flexibility index (Phi) is 2.68. The van der Waals surface area contributed by atoms with Crippen molar-refractivity contribution in [3.8, 4) is 0 Å². The van der Waals surface area contributed by atoms with E-state index in [1.165, 1.54) is 5.01 Å². The van der Waals surface area contributed by atoms with Gasteiger partial charge in [-0.25, -0.2) is 10.4 Å². The summed E-state index contributed by atoms with van der Waals surface area (Å²) in [5, 5.41) is 3.52. The number of pyridine rings is 1. The first-order valence-electron chi connectivity index (χ1n) is 6.02. The molecule has 2 N–H and O–H groups in total. The van der Waals surface area contributed by atoms with Crippen molar-refractivity contribution in [3.05, 3.63) is 42.2 Å². The van der Waals surface area contributed by atoms with E-state index in [4.69, 9.17) is 0 Å². The second-order valence-electron chi connectivity index (χ2n) is 4.37. The molecule has 19 heavy (non-hydrogen) atoms. The van der Waals surface area contributed by atoms with Gasteiger partial charge in [0, 0.05) is 30.4 Å². The highest BCUT2D eigenvalue weighted by Crippen LogP contribution is 2.25. The van der Waals surface area contributed by atoms with Gasteiger partial charge in [0.05, 0.1) is 11.7 Å². The van der Waals surface area contributed by atoms with E-state index in [0.29, 0.717) is 5.69 Å². The van der Waals surface area contributed by atoms with E-state index < -0.39 is 0 Å². The summed E-state index contributed by atoms with van der Waals surface area (Å²) in [5.41, 5.74) is 5.19. The zero-order chi connectivity index (χ0) is 13.4. The molecule has 5 heteroatoms. The van der Waals surface area contributed by atoms with Crippen molar-refractivity contribution in [3.63, 3.8) is 0 Å². The molecule has 0 aliphatic rings. The van der Waals surface area contributed by atoms with Crippen LogP contribution in [0.3, 0.4) is 0 Å². The van der Waals surface area contributed by atoms with Crippen LogP contribution >= 0.6 is 0 Å². The van der Waals surface area contributed by atoms with E-state index in [-0.39, 0.29) is 5.91 Å². The number of nitrogens with zero attached hydrogens (tertiary/aromatic N) is 2. The number of carbonyl (C=O) groups excluding carboxylic acids is 1.